The van der Waals surface area contributed by atoms with Gasteiger partial charge in [0.2, 0.25) is 5.91 Å². The average Bonchev–Trinajstić information content (AvgIpc) is 2.94. The lowest BCUT2D eigenvalue weighted by atomic mass is 10.1. The van der Waals surface area contributed by atoms with Gasteiger partial charge in [0.25, 0.3) is 5.56 Å². The molecule has 2 aromatic rings. The van der Waals surface area contributed by atoms with E-state index in [1.54, 1.807) is 22.8 Å². The van der Waals surface area contributed by atoms with Crippen molar-refractivity contribution >= 4 is 35.0 Å². The Bertz CT molecular complexity index is 879. The van der Waals surface area contributed by atoms with E-state index in [1.165, 1.54) is 11.8 Å². The molecule has 1 aliphatic heterocycles. The van der Waals surface area contributed by atoms with E-state index in [2.05, 4.69) is 10.3 Å². The van der Waals surface area contributed by atoms with Crippen molar-refractivity contribution < 1.29 is 4.79 Å². The number of anilines is 1. The second kappa shape index (κ2) is 7.22. The average molecular weight is 378 g/mol. The van der Waals surface area contributed by atoms with E-state index in [1.807, 2.05) is 26.8 Å². The molecule has 1 aromatic carbocycles. The van der Waals surface area contributed by atoms with Crippen LogP contribution in [-0.4, -0.2) is 21.2 Å². The van der Waals surface area contributed by atoms with Gasteiger partial charge in [-0.3, -0.25) is 14.2 Å². The normalized spacial score (nSPS) is 16.1. The van der Waals surface area contributed by atoms with Crippen LogP contribution in [0.3, 0.4) is 0 Å². The topological polar surface area (TPSA) is 64.0 Å². The van der Waals surface area contributed by atoms with Crippen molar-refractivity contribution in [2.45, 2.75) is 44.3 Å². The highest BCUT2D eigenvalue weighted by molar-refractivity contribution is 7.99. The zero-order valence-corrected chi connectivity index (χ0v) is 15.9. The molecule has 25 heavy (non-hydrogen) atoms. The number of halogens is 1. The number of rotatable bonds is 4. The molecule has 1 aromatic heterocycles. The molecule has 1 amide bonds. The number of carbonyl (C=O) groups is 1. The summed E-state index contributed by atoms with van der Waals surface area (Å²) in [6.45, 7) is 5.93. The SMILES string of the molecule is Cc1ccc(Cl)cc1NC(=O)CC1CSc2nc(C(C)C)cc(=O)n21. The number of hydrogen-bond acceptors (Lipinski definition) is 4. The van der Waals surface area contributed by atoms with E-state index < -0.39 is 0 Å². The number of fused-ring (bicyclic) bond motifs is 1. The third kappa shape index (κ3) is 3.90. The summed E-state index contributed by atoms with van der Waals surface area (Å²) in [5.41, 5.74) is 2.35. The van der Waals surface area contributed by atoms with E-state index >= 15 is 0 Å². The Morgan fingerprint density at radius 2 is 2.20 bits per heavy atom. The van der Waals surface area contributed by atoms with Crippen molar-refractivity contribution in [3.05, 3.63) is 50.9 Å². The second-order valence-electron chi connectivity index (χ2n) is 6.50. The molecule has 0 fully saturated rings. The van der Waals surface area contributed by atoms with Crippen molar-refractivity contribution in [2.75, 3.05) is 11.1 Å². The van der Waals surface area contributed by atoms with Crippen molar-refractivity contribution in [3.63, 3.8) is 0 Å². The van der Waals surface area contributed by atoms with Gasteiger partial charge in [-0.15, -0.1) is 0 Å². The van der Waals surface area contributed by atoms with Gasteiger partial charge >= 0.3 is 0 Å². The predicted octanol–water partition coefficient (Wildman–Crippen LogP) is 4.00. The number of nitrogens with zero attached hydrogens (tertiary/aromatic N) is 2. The maximum absolute atomic E-state index is 12.4. The highest BCUT2D eigenvalue weighted by Gasteiger charge is 2.28. The van der Waals surface area contributed by atoms with Gasteiger partial charge in [0, 0.05) is 29.0 Å². The minimum atomic E-state index is -0.180. The van der Waals surface area contributed by atoms with Gasteiger partial charge in [0.1, 0.15) is 0 Å². The van der Waals surface area contributed by atoms with Gasteiger partial charge in [-0.2, -0.15) is 0 Å². The number of benzene rings is 1. The summed E-state index contributed by atoms with van der Waals surface area (Å²) in [5, 5.41) is 4.16. The van der Waals surface area contributed by atoms with Gasteiger partial charge in [0.15, 0.2) is 5.16 Å². The minimum Gasteiger partial charge on any atom is -0.326 e. The van der Waals surface area contributed by atoms with Crippen LogP contribution in [0.25, 0.3) is 0 Å². The first-order valence-corrected chi connectivity index (χ1v) is 9.54. The quantitative estimate of drug-likeness (QED) is 0.818. The van der Waals surface area contributed by atoms with Gasteiger partial charge < -0.3 is 5.32 Å². The fourth-order valence-corrected chi connectivity index (χ4v) is 4.09. The molecule has 2 heterocycles. The first-order chi connectivity index (χ1) is 11.8. The standard InChI is InChI=1S/C18H20ClN3O2S/c1-10(2)14-8-17(24)22-13(9-25-18(22)21-14)7-16(23)20-15-6-12(19)5-4-11(15)3/h4-6,8,10,13H,7,9H2,1-3H3,(H,20,23). The Hall–Kier alpha value is -1.79. The Kier molecular flexibility index (Phi) is 5.20. The van der Waals surface area contributed by atoms with E-state index in [-0.39, 0.29) is 29.8 Å². The molecule has 0 saturated carbocycles. The van der Waals surface area contributed by atoms with Gasteiger partial charge in [0.05, 0.1) is 11.7 Å². The highest BCUT2D eigenvalue weighted by atomic mass is 35.5. The third-order valence-electron chi connectivity index (χ3n) is 4.20. The molecule has 5 nitrogen and oxygen atoms in total. The van der Waals surface area contributed by atoms with Crippen LogP contribution < -0.4 is 10.9 Å². The largest absolute Gasteiger partial charge is 0.326 e. The number of aryl methyl sites for hydroxylation is 1. The molecule has 0 saturated heterocycles. The number of carbonyl (C=O) groups excluding carboxylic acids is 1. The second-order valence-corrected chi connectivity index (χ2v) is 7.93. The molecular formula is C18H20ClN3O2S. The number of aromatic nitrogens is 2. The Balaban J connectivity index is 1.77. The number of thioether (sulfide) groups is 1. The van der Waals surface area contributed by atoms with Crippen LogP contribution in [0.4, 0.5) is 5.69 Å². The van der Waals surface area contributed by atoms with Gasteiger partial charge in [-0.25, -0.2) is 4.98 Å². The fourth-order valence-electron chi connectivity index (χ4n) is 2.76. The molecular weight excluding hydrogens is 358 g/mol. The third-order valence-corrected chi connectivity index (χ3v) is 5.53. The molecule has 1 aliphatic rings. The van der Waals surface area contributed by atoms with E-state index in [4.69, 9.17) is 11.6 Å². The summed E-state index contributed by atoms with van der Waals surface area (Å²) in [6, 6.07) is 6.77. The van der Waals surface area contributed by atoms with Gasteiger partial charge in [-0.05, 0) is 30.5 Å². The minimum absolute atomic E-state index is 0.0876. The first-order valence-electron chi connectivity index (χ1n) is 8.17. The molecule has 0 aliphatic carbocycles. The fraction of sp³-hybridized carbons (Fsp3) is 0.389. The molecule has 0 radical (unpaired) electrons. The number of hydrogen-bond donors (Lipinski definition) is 1. The van der Waals surface area contributed by atoms with E-state index in [0.717, 1.165) is 11.3 Å². The first kappa shape index (κ1) is 18.0. The number of nitrogens with one attached hydrogen (secondary N) is 1. The number of amides is 1. The lowest BCUT2D eigenvalue weighted by Gasteiger charge is -2.15. The van der Waals surface area contributed by atoms with Crippen molar-refractivity contribution in [2.24, 2.45) is 0 Å². The van der Waals surface area contributed by atoms with Crippen molar-refractivity contribution in [1.29, 1.82) is 0 Å². The summed E-state index contributed by atoms with van der Waals surface area (Å²) in [5.74, 6) is 0.738. The summed E-state index contributed by atoms with van der Waals surface area (Å²) >= 11 is 7.52. The van der Waals surface area contributed by atoms with E-state index in [0.29, 0.717) is 21.6 Å². The summed E-state index contributed by atoms with van der Waals surface area (Å²) in [4.78, 5) is 29.4. The van der Waals surface area contributed by atoms with Crippen LogP contribution in [0, 0.1) is 6.92 Å². The van der Waals surface area contributed by atoms with E-state index in [9.17, 15) is 9.59 Å². The molecule has 0 spiro atoms. The van der Waals surface area contributed by atoms with Crippen LogP contribution >= 0.6 is 23.4 Å². The summed E-state index contributed by atoms with van der Waals surface area (Å²) < 4.78 is 1.64. The maximum Gasteiger partial charge on any atom is 0.254 e. The van der Waals surface area contributed by atoms with Crippen molar-refractivity contribution in [3.8, 4) is 0 Å². The molecule has 7 heteroatoms. The van der Waals surface area contributed by atoms with Crippen LogP contribution in [-0.2, 0) is 4.79 Å². The Labute approximate surface area is 155 Å². The Morgan fingerprint density at radius 1 is 1.44 bits per heavy atom. The Morgan fingerprint density at radius 3 is 2.92 bits per heavy atom. The smallest absolute Gasteiger partial charge is 0.254 e. The zero-order valence-electron chi connectivity index (χ0n) is 14.4. The summed E-state index contributed by atoms with van der Waals surface area (Å²) in [6.07, 6.45) is 0.231. The molecule has 0 bridgehead atoms. The monoisotopic (exact) mass is 377 g/mol. The molecule has 1 unspecified atom stereocenters. The van der Waals surface area contributed by atoms with Crippen LogP contribution in [0.1, 0.15) is 43.5 Å². The lowest BCUT2D eigenvalue weighted by molar-refractivity contribution is -0.116. The van der Waals surface area contributed by atoms with Crippen LogP contribution in [0.5, 0.6) is 0 Å². The molecule has 3 rings (SSSR count). The van der Waals surface area contributed by atoms with Crippen molar-refractivity contribution in [1.82, 2.24) is 9.55 Å². The lowest BCUT2D eigenvalue weighted by Crippen LogP contribution is -2.28. The predicted molar refractivity (Wildman–Crippen MR) is 102 cm³/mol. The van der Waals surface area contributed by atoms with Gasteiger partial charge in [-0.1, -0.05) is 43.3 Å². The van der Waals surface area contributed by atoms with Crippen LogP contribution in [0.2, 0.25) is 5.02 Å². The highest BCUT2D eigenvalue weighted by Crippen LogP contribution is 2.33. The molecule has 1 N–H and O–H groups in total. The zero-order chi connectivity index (χ0) is 18.1. The molecule has 1 atom stereocenters. The summed E-state index contributed by atoms with van der Waals surface area (Å²) in [7, 11) is 0. The molecule has 132 valence electrons. The van der Waals surface area contributed by atoms with Crippen LogP contribution in [0.15, 0.2) is 34.2 Å². The maximum atomic E-state index is 12.4.